The third-order valence-corrected chi connectivity index (χ3v) is 6.32. The lowest BCUT2D eigenvalue weighted by atomic mass is 9.67. The number of aromatic nitrogens is 2. The van der Waals surface area contributed by atoms with Gasteiger partial charge < -0.3 is 25.6 Å². The molecule has 2 fully saturated rings. The molecule has 2 aliphatic rings. The first-order valence-corrected chi connectivity index (χ1v) is 12.3. The first-order chi connectivity index (χ1) is 16.8. The molecule has 36 heavy (non-hydrogen) atoms. The number of nitrogens with zero attached hydrogens (tertiary/aromatic N) is 3. The van der Waals surface area contributed by atoms with Crippen molar-refractivity contribution in [1.29, 1.82) is 0 Å². The fraction of sp³-hybridized carbons (Fsp3) is 0.720. The molecule has 1 aliphatic heterocycles. The number of allylic oxidation sites excluding steroid dienone is 1. The molecule has 2 heterocycles. The van der Waals surface area contributed by atoms with Crippen LogP contribution in [0.3, 0.4) is 0 Å². The second kappa shape index (κ2) is 13.9. The van der Waals surface area contributed by atoms with Crippen LogP contribution in [0.4, 0.5) is 19.0 Å². The van der Waals surface area contributed by atoms with Crippen molar-refractivity contribution >= 4 is 11.7 Å². The highest BCUT2D eigenvalue weighted by Crippen LogP contribution is 2.43. The van der Waals surface area contributed by atoms with E-state index in [1.165, 1.54) is 0 Å². The van der Waals surface area contributed by atoms with Crippen LogP contribution in [0.15, 0.2) is 24.5 Å². The lowest BCUT2D eigenvalue weighted by molar-refractivity contribution is -0.156. The van der Waals surface area contributed by atoms with E-state index < -0.39 is 35.6 Å². The molecule has 0 spiro atoms. The lowest BCUT2D eigenvalue weighted by Crippen LogP contribution is -2.52. The Morgan fingerprint density at radius 3 is 2.50 bits per heavy atom. The van der Waals surface area contributed by atoms with E-state index in [1.54, 1.807) is 11.9 Å². The van der Waals surface area contributed by atoms with Crippen molar-refractivity contribution in [2.75, 3.05) is 25.9 Å². The van der Waals surface area contributed by atoms with Gasteiger partial charge in [0.15, 0.2) is 5.69 Å². The average Bonchev–Trinajstić information content (AvgIpc) is 2.82. The molecule has 1 saturated heterocycles. The number of halogens is 3. The van der Waals surface area contributed by atoms with E-state index >= 15 is 0 Å². The zero-order valence-corrected chi connectivity index (χ0v) is 21.9. The first kappa shape index (κ1) is 31.8. The van der Waals surface area contributed by atoms with E-state index in [0.717, 1.165) is 37.5 Å². The second-order valence-corrected chi connectivity index (χ2v) is 9.44. The van der Waals surface area contributed by atoms with Gasteiger partial charge in [0.1, 0.15) is 18.0 Å². The van der Waals surface area contributed by atoms with Crippen molar-refractivity contribution in [3.63, 3.8) is 0 Å². The van der Waals surface area contributed by atoms with Crippen molar-refractivity contribution in [2.45, 2.75) is 84.3 Å². The van der Waals surface area contributed by atoms with Crippen LogP contribution in [0.25, 0.3) is 0 Å². The number of alkyl halides is 3. The lowest BCUT2D eigenvalue weighted by Gasteiger charge is -2.41. The Morgan fingerprint density at radius 2 is 1.97 bits per heavy atom. The summed E-state index contributed by atoms with van der Waals surface area (Å²) in [7, 11) is 1.75. The molecule has 1 amide bonds. The van der Waals surface area contributed by atoms with Crippen LogP contribution in [0, 0.1) is 11.3 Å². The number of likely N-dealkylation sites (N-methyl/N-ethyl adjacent to an activating group) is 1. The Morgan fingerprint density at radius 1 is 1.33 bits per heavy atom. The highest BCUT2D eigenvalue weighted by molar-refractivity contribution is 5.82. The number of aliphatic hydroxyl groups excluding tert-OH is 2. The predicted octanol–water partition coefficient (Wildman–Crippen LogP) is 3.83. The average molecular weight is 519 g/mol. The Hall–Kier alpha value is -2.24. The molecule has 5 atom stereocenters. The maximum absolute atomic E-state index is 13.0. The van der Waals surface area contributed by atoms with Gasteiger partial charge in [0.05, 0.1) is 23.9 Å². The van der Waals surface area contributed by atoms with Crippen molar-refractivity contribution < 1.29 is 32.9 Å². The van der Waals surface area contributed by atoms with Crippen LogP contribution >= 0.6 is 0 Å². The summed E-state index contributed by atoms with van der Waals surface area (Å²) >= 11 is 0. The molecule has 0 bridgehead atoms. The quantitative estimate of drug-likeness (QED) is 0.518. The number of carbonyl (C=O) groups excluding carboxylic acids is 1. The summed E-state index contributed by atoms with van der Waals surface area (Å²) in [5, 5.41) is 19.8. The van der Waals surface area contributed by atoms with Gasteiger partial charge in [-0.2, -0.15) is 13.2 Å². The number of nitrogen functional groups attached to an aromatic ring is 1. The monoisotopic (exact) mass is 518 g/mol. The van der Waals surface area contributed by atoms with Crippen LogP contribution in [0.2, 0.25) is 0 Å². The summed E-state index contributed by atoms with van der Waals surface area (Å²) in [5.41, 5.74) is 4.63. The van der Waals surface area contributed by atoms with E-state index in [0.29, 0.717) is 31.7 Å². The molecule has 0 radical (unpaired) electrons. The Balaban J connectivity index is 0.000000417. The number of ether oxygens (including phenoxy) is 1. The van der Waals surface area contributed by atoms with Gasteiger partial charge in [-0.3, -0.25) is 9.78 Å². The number of anilines is 1. The third kappa shape index (κ3) is 9.01. The molecule has 206 valence electrons. The maximum Gasteiger partial charge on any atom is 0.434 e. The van der Waals surface area contributed by atoms with Gasteiger partial charge in [-0.25, -0.2) is 4.98 Å². The number of rotatable bonds is 4. The molecule has 5 unspecified atom stereocenters. The number of aliphatic hydroxyl groups is 2. The van der Waals surface area contributed by atoms with E-state index in [4.69, 9.17) is 10.5 Å². The van der Waals surface area contributed by atoms with Crippen LogP contribution in [0.1, 0.15) is 65.5 Å². The Bertz CT molecular complexity index is 855. The molecule has 4 N–H and O–H groups in total. The van der Waals surface area contributed by atoms with Gasteiger partial charge in [0, 0.05) is 20.2 Å². The molecule has 1 aromatic heterocycles. The summed E-state index contributed by atoms with van der Waals surface area (Å²) in [6.45, 7) is 13.0. The highest BCUT2D eigenvalue weighted by atomic mass is 19.4. The fourth-order valence-corrected chi connectivity index (χ4v) is 4.61. The van der Waals surface area contributed by atoms with Gasteiger partial charge in [-0.15, -0.1) is 0 Å². The minimum absolute atomic E-state index is 0.0765. The van der Waals surface area contributed by atoms with E-state index in [9.17, 15) is 28.2 Å². The maximum atomic E-state index is 13.0. The number of nitrogens with two attached hydrogens (primary N) is 1. The summed E-state index contributed by atoms with van der Waals surface area (Å²) in [6.07, 6.45) is -0.916. The molecule has 0 aromatic carbocycles. The number of carbonyl (C=O) groups is 1. The van der Waals surface area contributed by atoms with Gasteiger partial charge in [0.25, 0.3) is 0 Å². The molecular formula is C25H41F3N4O4. The summed E-state index contributed by atoms with van der Waals surface area (Å²) in [4.78, 5) is 20.9. The zero-order valence-electron chi connectivity index (χ0n) is 21.9. The molecule has 11 heteroatoms. The summed E-state index contributed by atoms with van der Waals surface area (Å²) in [6, 6.07) is 0. The van der Waals surface area contributed by atoms with E-state index in [-0.39, 0.29) is 11.7 Å². The fourth-order valence-electron chi connectivity index (χ4n) is 4.61. The second-order valence-electron chi connectivity index (χ2n) is 9.44. The SMILES string of the molecule is C=C1CC(CC)CC(C)(C(=O)N(C)CC2OCCC(O)C2O)C1.CC.Nc1cncc(C(F)(F)F)n1. The minimum atomic E-state index is -4.47. The minimum Gasteiger partial charge on any atom is -0.390 e. The van der Waals surface area contributed by atoms with Crippen molar-refractivity contribution in [3.05, 3.63) is 30.2 Å². The number of hydrogen-bond donors (Lipinski definition) is 3. The predicted molar refractivity (Wildman–Crippen MR) is 132 cm³/mol. The van der Waals surface area contributed by atoms with E-state index in [2.05, 4.69) is 23.5 Å². The van der Waals surface area contributed by atoms with Crippen LogP contribution in [-0.4, -0.2) is 69.5 Å². The van der Waals surface area contributed by atoms with Gasteiger partial charge in [0.2, 0.25) is 5.91 Å². The topological polar surface area (TPSA) is 122 Å². The summed E-state index contributed by atoms with van der Waals surface area (Å²) < 4.78 is 41.0. The van der Waals surface area contributed by atoms with Crippen LogP contribution < -0.4 is 5.73 Å². The van der Waals surface area contributed by atoms with Crippen molar-refractivity contribution in [2.24, 2.45) is 11.3 Å². The number of amides is 1. The standard InChI is InChI=1S/C18H31NO4.C5H4F3N3.C2H6/c1-5-13-8-12(2)9-18(3,10-13)17(22)19(4)11-15-16(21)14(20)6-7-23-15;6-5(7,8)3-1-10-2-4(9)11-3;1-2/h13-16,20-21H,2,5-11H2,1,3-4H3;1-2H,(H2,9,11);1-2H3. The smallest absolute Gasteiger partial charge is 0.390 e. The van der Waals surface area contributed by atoms with Crippen LogP contribution in [-0.2, 0) is 15.7 Å². The Labute approximate surface area is 211 Å². The largest absolute Gasteiger partial charge is 0.434 e. The number of hydrogen-bond acceptors (Lipinski definition) is 7. The third-order valence-electron chi connectivity index (χ3n) is 6.32. The molecule has 1 aromatic rings. The van der Waals surface area contributed by atoms with Gasteiger partial charge >= 0.3 is 6.18 Å². The Kier molecular flexibility index (Phi) is 12.3. The molecule has 3 rings (SSSR count). The molecular weight excluding hydrogens is 477 g/mol. The molecule has 8 nitrogen and oxygen atoms in total. The zero-order chi connectivity index (χ0) is 27.7. The van der Waals surface area contributed by atoms with Gasteiger partial charge in [-0.1, -0.05) is 46.3 Å². The van der Waals surface area contributed by atoms with Crippen molar-refractivity contribution in [3.8, 4) is 0 Å². The summed E-state index contributed by atoms with van der Waals surface area (Å²) in [5.74, 6) is 0.351. The highest BCUT2D eigenvalue weighted by Gasteiger charge is 2.42. The van der Waals surface area contributed by atoms with Crippen molar-refractivity contribution in [1.82, 2.24) is 14.9 Å². The van der Waals surface area contributed by atoms with Gasteiger partial charge in [-0.05, 0) is 31.6 Å². The normalized spacial score (nSPS) is 28.2. The first-order valence-electron chi connectivity index (χ1n) is 12.3. The molecule has 1 aliphatic carbocycles. The van der Waals surface area contributed by atoms with Crippen LogP contribution in [0.5, 0.6) is 0 Å². The molecule has 1 saturated carbocycles. The van der Waals surface area contributed by atoms with E-state index in [1.807, 2.05) is 20.8 Å².